The Kier molecular flexibility index (Phi) is 3.16. The summed E-state index contributed by atoms with van der Waals surface area (Å²) in [5, 5.41) is 5.77. The molecule has 0 bridgehead atoms. The number of sulfonamides is 1. The van der Waals surface area contributed by atoms with Crippen molar-refractivity contribution in [1.29, 1.82) is 0 Å². The highest BCUT2D eigenvalue weighted by molar-refractivity contribution is 7.89. The number of aromatic nitrogens is 2. The molecular formula is C9H13N3O4S. The second-order valence-corrected chi connectivity index (χ2v) is 5.47. The van der Waals surface area contributed by atoms with Crippen molar-refractivity contribution < 1.29 is 17.9 Å². The van der Waals surface area contributed by atoms with Gasteiger partial charge >= 0.3 is 5.97 Å². The van der Waals surface area contributed by atoms with Gasteiger partial charge in [-0.2, -0.15) is 9.40 Å². The number of carbonyl (C=O) groups is 1. The minimum atomic E-state index is -3.64. The Balaban J connectivity index is 2.33. The molecule has 0 unspecified atom stereocenters. The highest BCUT2D eigenvalue weighted by atomic mass is 32.2. The maximum Gasteiger partial charge on any atom is 0.342 e. The van der Waals surface area contributed by atoms with Crippen LogP contribution in [0.2, 0.25) is 0 Å². The number of H-pyrrole nitrogens is 1. The van der Waals surface area contributed by atoms with Gasteiger partial charge in [0.15, 0.2) is 5.03 Å². The third-order valence-corrected chi connectivity index (χ3v) is 4.38. The summed E-state index contributed by atoms with van der Waals surface area (Å²) < 4.78 is 30.2. The molecule has 94 valence electrons. The molecule has 2 rings (SSSR count). The maximum atomic E-state index is 12.1. The summed E-state index contributed by atoms with van der Waals surface area (Å²) in [7, 11) is -3.64. The molecule has 1 saturated heterocycles. The molecule has 1 N–H and O–H groups in total. The van der Waals surface area contributed by atoms with Crippen LogP contribution in [0.3, 0.4) is 0 Å². The molecule has 1 aromatic heterocycles. The lowest BCUT2D eigenvalue weighted by Gasteiger charge is -2.29. The number of carbonyl (C=O) groups excluding carboxylic acids is 1. The molecule has 0 atom stereocenters. The molecule has 0 aromatic carbocycles. The Hall–Kier alpha value is -1.41. The van der Waals surface area contributed by atoms with E-state index in [4.69, 9.17) is 4.74 Å². The maximum absolute atomic E-state index is 12.1. The summed E-state index contributed by atoms with van der Waals surface area (Å²) in [6.45, 7) is 2.79. The van der Waals surface area contributed by atoms with Gasteiger partial charge in [0.2, 0.25) is 0 Å². The zero-order valence-electron chi connectivity index (χ0n) is 9.34. The van der Waals surface area contributed by atoms with Gasteiger partial charge in [-0.25, -0.2) is 13.2 Å². The second-order valence-electron chi connectivity index (χ2n) is 3.59. The minimum Gasteiger partial charge on any atom is -0.462 e. The molecule has 2 heterocycles. The van der Waals surface area contributed by atoms with E-state index in [0.29, 0.717) is 13.1 Å². The molecule has 0 spiro atoms. The van der Waals surface area contributed by atoms with Gasteiger partial charge in [0.25, 0.3) is 10.0 Å². The first-order chi connectivity index (χ1) is 8.07. The number of ether oxygens (including phenoxy) is 1. The molecule has 17 heavy (non-hydrogen) atoms. The van der Waals surface area contributed by atoms with Crippen LogP contribution in [0, 0.1) is 0 Å². The average Bonchev–Trinajstić information content (AvgIpc) is 2.62. The summed E-state index contributed by atoms with van der Waals surface area (Å²) in [4.78, 5) is 11.5. The van der Waals surface area contributed by atoms with Crippen LogP contribution in [-0.2, 0) is 14.8 Å². The van der Waals surface area contributed by atoms with E-state index in [0.717, 1.165) is 6.42 Å². The van der Waals surface area contributed by atoms with Crippen LogP contribution in [0.15, 0.2) is 11.2 Å². The zero-order valence-corrected chi connectivity index (χ0v) is 10.2. The van der Waals surface area contributed by atoms with Crippen molar-refractivity contribution in [2.45, 2.75) is 18.4 Å². The summed E-state index contributed by atoms with van der Waals surface area (Å²) in [6.07, 6.45) is 2.01. The van der Waals surface area contributed by atoms with Gasteiger partial charge in [-0.3, -0.25) is 5.10 Å². The first-order valence-electron chi connectivity index (χ1n) is 5.28. The molecule has 1 aliphatic heterocycles. The SMILES string of the molecule is CCOC(=O)c1cn[nH]c1S(=O)(=O)N1CCC1. The summed E-state index contributed by atoms with van der Waals surface area (Å²) >= 11 is 0. The predicted octanol–water partition coefficient (Wildman–Crippen LogP) is -0.0192. The fourth-order valence-electron chi connectivity index (χ4n) is 1.48. The quantitative estimate of drug-likeness (QED) is 0.767. The van der Waals surface area contributed by atoms with Crippen molar-refractivity contribution in [2.24, 2.45) is 0 Å². The highest BCUT2D eigenvalue weighted by Crippen LogP contribution is 2.22. The first kappa shape index (κ1) is 12.1. The van der Waals surface area contributed by atoms with Crippen LogP contribution >= 0.6 is 0 Å². The number of hydrogen-bond donors (Lipinski definition) is 1. The number of esters is 1. The lowest BCUT2D eigenvalue weighted by Crippen LogP contribution is -2.42. The van der Waals surface area contributed by atoms with Crippen LogP contribution < -0.4 is 0 Å². The Morgan fingerprint density at radius 1 is 1.59 bits per heavy atom. The van der Waals surface area contributed by atoms with E-state index >= 15 is 0 Å². The van der Waals surface area contributed by atoms with Gasteiger partial charge in [-0.05, 0) is 13.3 Å². The Morgan fingerprint density at radius 3 is 2.82 bits per heavy atom. The van der Waals surface area contributed by atoms with Gasteiger partial charge in [0, 0.05) is 13.1 Å². The van der Waals surface area contributed by atoms with E-state index in [2.05, 4.69) is 10.2 Å². The van der Waals surface area contributed by atoms with E-state index in [1.54, 1.807) is 6.92 Å². The number of nitrogens with zero attached hydrogens (tertiary/aromatic N) is 2. The van der Waals surface area contributed by atoms with Gasteiger partial charge < -0.3 is 4.74 Å². The lowest BCUT2D eigenvalue weighted by molar-refractivity contribution is 0.0521. The van der Waals surface area contributed by atoms with Gasteiger partial charge in [0.05, 0.1) is 12.8 Å². The number of hydrogen-bond acceptors (Lipinski definition) is 5. The molecule has 1 aromatic rings. The van der Waals surface area contributed by atoms with Crippen molar-refractivity contribution in [3.8, 4) is 0 Å². The van der Waals surface area contributed by atoms with Crippen LogP contribution in [0.5, 0.6) is 0 Å². The molecule has 1 aliphatic rings. The monoisotopic (exact) mass is 259 g/mol. The summed E-state index contributed by atoms with van der Waals surface area (Å²) in [5.41, 5.74) is -0.0428. The standard InChI is InChI=1S/C9H13N3O4S/c1-2-16-9(13)7-6-10-11-8(7)17(14,15)12-4-3-5-12/h6H,2-5H2,1H3,(H,10,11). The Bertz CT molecular complexity index is 518. The molecule has 0 aliphatic carbocycles. The van der Waals surface area contributed by atoms with Crippen LogP contribution in [-0.4, -0.2) is 48.6 Å². The van der Waals surface area contributed by atoms with E-state index < -0.39 is 16.0 Å². The largest absolute Gasteiger partial charge is 0.462 e. The number of nitrogens with one attached hydrogen (secondary N) is 1. The zero-order chi connectivity index (χ0) is 12.5. The molecule has 1 fully saturated rings. The fourth-order valence-corrected chi connectivity index (χ4v) is 3.06. The summed E-state index contributed by atoms with van der Waals surface area (Å²) in [5.74, 6) is -0.680. The molecule has 0 radical (unpaired) electrons. The fraction of sp³-hybridized carbons (Fsp3) is 0.556. The molecule has 8 heteroatoms. The highest BCUT2D eigenvalue weighted by Gasteiger charge is 2.34. The van der Waals surface area contributed by atoms with Crippen molar-refractivity contribution in [3.05, 3.63) is 11.8 Å². The number of rotatable bonds is 4. The van der Waals surface area contributed by atoms with Crippen molar-refractivity contribution >= 4 is 16.0 Å². The van der Waals surface area contributed by atoms with Crippen molar-refractivity contribution in [1.82, 2.24) is 14.5 Å². The Labute approximate surface area is 98.8 Å². The van der Waals surface area contributed by atoms with Gasteiger partial charge in [0.1, 0.15) is 5.56 Å². The third kappa shape index (κ3) is 2.05. The molecule has 0 amide bonds. The predicted molar refractivity (Wildman–Crippen MR) is 57.9 cm³/mol. The minimum absolute atomic E-state index is 0.0428. The summed E-state index contributed by atoms with van der Waals surface area (Å²) in [6, 6.07) is 0. The van der Waals surface area contributed by atoms with Crippen LogP contribution in [0.1, 0.15) is 23.7 Å². The normalized spacial score (nSPS) is 16.5. The van der Waals surface area contributed by atoms with E-state index in [9.17, 15) is 13.2 Å². The van der Waals surface area contributed by atoms with Gasteiger partial charge in [-0.15, -0.1) is 0 Å². The topological polar surface area (TPSA) is 92.4 Å². The average molecular weight is 259 g/mol. The lowest BCUT2D eigenvalue weighted by atomic mass is 10.3. The van der Waals surface area contributed by atoms with E-state index in [1.807, 2.05) is 0 Å². The van der Waals surface area contributed by atoms with Crippen LogP contribution in [0.25, 0.3) is 0 Å². The number of aromatic amines is 1. The third-order valence-electron chi connectivity index (χ3n) is 2.51. The van der Waals surface area contributed by atoms with Crippen molar-refractivity contribution in [2.75, 3.05) is 19.7 Å². The molecular weight excluding hydrogens is 246 g/mol. The van der Waals surface area contributed by atoms with Gasteiger partial charge in [-0.1, -0.05) is 0 Å². The van der Waals surface area contributed by atoms with E-state index in [1.165, 1.54) is 10.5 Å². The van der Waals surface area contributed by atoms with E-state index in [-0.39, 0.29) is 17.2 Å². The Morgan fingerprint density at radius 2 is 2.29 bits per heavy atom. The van der Waals surface area contributed by atoms with Crippen LogP contribution in [0.4, 0.5) is 0 Å². The first-order valence-corrected chi connectivity index (χ1v) is 6.72. The second kappa shape index (κ2) is 4.46. The smallest absolute Gasteiger partial charge is 0.342 e. The molecule has 7 nitrogen and oxygen atoms in total. The molecule has 0 saturated carbocycles. The van der Waals surface area contributed by atoms with Crippen molar-refractivity contribution in [3.63, 3.8) is 0 Å².